The molecule has 0 spiro atoms. The molecule has 0 saturated heterocycles. The van der Waals surface area contributed by atoms with Crippen LogP contribution in [0.2, 0.25) is 0 Å². The molecule has 2 bridgehead atoms. The van der Waals surface area contributed by atoms with Crippen molar-refractivity contribution in [2.75, 3.05) is 6.61 Å². The van der Waals surface area contributed by atoms with Crippen LogP contribution in [0.3, 0.4) is 0 Å². The van der Waals surface area contributed by atoms with E-state index >= 15 is 0 Å². The van der Waals surface area contributed by atoms with E-state index in [1.807, 2.05) is 20.8 Å². The molecule has 37 heavy (non-hydrogen) atoms. The van der Waals surface area contributed by atoms with Crippen molar-refractivity contribution in [2.45, 2.75) is 93.0 Å². The van der Waals surface area contributed by atoms with Crippen LogP contribution in [0.15, 0.2) is 11.1 Å². The van der Waals surface area contributed by atoms with Crippen molar-refractivity contribution in [3.8, 4) is 0 Å². The Kier molecular flexibility index (Phi) is 8.08. The Balaban J connectivity index is 2.48. The third-order valence-electron chi connectivity index (χ3n) is 9.18. The zero-order valence-electron chi connectivity index (χ0n) is 23.1. The molecule has 0 aromatic rings. The number of aliphatic hydroxyl groups excluding tert-OH is 1. The molecule has 9 heteroatoms. The van der Waals surface area contributed by atoms with Crippen LogP contribution in [0, 0.1) is 34.5 Å². The van der Waals surface area contributed by atoms with Gasteiger partial charge in [-0.05, 0) is 42.2 Å². The zero-order valence-corrected chi connectivity index (χ0v) is 23.1. The topological polar surface area (TPSA) is 133 Å². The zero-order chi connectivity index (χ0) is 28.0. The number of hydrogen-bond acceptors (Lipinski definition) is 9. The van der Waals surface area contributed by atoms with E-state index in [0.29, 0.717) is 17.6 Å². The van der Waals surface area contributed by atoms with E-state index in [9.17, 15) is 29.1 Å². The first-order chi connectivity index (χ1) is 17.1. The van der Waals surface area contributed by atoms with Crippen molar-refractivity contribution in [1.29, 1.82) is 0 Å². The van der Waals surface area contributed by atoms with Crippen LogP contribution >= 0.6 is 0 Å². The molecule has 2 fully saturated rings. The number of aliphatic hydroxyl groups is 1. The lowest BCUT2D eigenvalue weighted by molar-refractivity contribution is -0.216. The van der Waals surface area contributed by atoms with E-state index in [0.717, 1.165) is 0 Å². The molecule has 0 aromatic carbocycles. The van der Waals surface area contributed by atoms with Crippen molar-refractivity contribution in [2.24, 2.45) is 34.5 Å². The van der Waals surface area contributed by atoms with E-state index in [2.05, 4.69) is 0 Å². The van der Waals surface area contributed by atoms with Crippen molar-refractivity contribution in [3.63, 3.8) is 0 Å². The molecule has 0 heterocycles. The Labute approximate surface area is 218 Å². The second-order valence-electron chi connectivity index (χ2n) is 11.6. The number of allylic oxidation sites excluding steroid dienone is 1. The molecule has 9 nitrogen and oxygen atoms in total. The van der Waals surface area contributed by atoms with Crippen LogP contribution in [0.4, 0.5) is 0 Å². The number of rotatable bonds is 5. The molecule has 3 rings (SSSR count). The van der Waals surface area contributed by atoms with Crippen molar-refractivity contribution >= 4 is 29.5 Å². The predicted octanol–water partition coefficient (Wildman–Crippen LogP) is 2.96. The smallest absolute Gasteiger partial charge is 0.303 e. The number of carbonyl (C=O) groups excluding carboxylic acids is 5. The molecule has 0 aliphatic heterocycles. The third-order valence-corrected chi connectivity index (χ3v) is 9.18. The minimum Gasteiger partial charge on any atom is -0.462 e. The number of carbonyl (C=O) groups is 5. The summed E-state index contributed by atoms with van der Waals surface area (Å²) in [6.07, 6.45) is -2.67. The van der Waals surface area contributed by atoms with Gasteiger partial charge in [-0.1, -0.05) is 27.2 Å². The normalized spacial score (nSPS) is 37.2. The van der Waals surface area contributed by atoms with Gasteiger partial charge in [-0.3, -0.25) is 24.0 Å². The van der Waals surface area contributed by atoms with Crippen molar-refractivity contribution in [3.05, 3.63) is 11.1 Å². The fourth-order valence-corrected chi connectivity index (χ4v) is 7.45. The van der Waals surface area contributed by atoms with E-state index in [4.69, 9.17) is 14.2 Å². The summed E-state index contributed by atoms with van der Waals surface area (Å²) < 4.78 is 17.7. The summed E-state index contributed by atoms with van der Waals surface area (Å²) in [5.74, 6) is -4.42. The highest BCUT2D eigenvalue weighted by molar-refractivity contribution is 5.98. The molecule has 2 saturated carbocycles. The highest BCUT2D eigenvalue weighted by Crippen LogP contribution is 2.60. The minimum atomic E-state index is -1.48. The first kappa shape index (κ1) is 29.0. The van der Waals surface area contributed by atoms with Gasteiger partial charge in [0.05, 0.1) is 5.41 Å². The summed E-state index contributed by atoms with van der Waals surface area (Å²) >= 11 is 0. The first-order valence-corrected chi connectivity index (χ1v) is 13.0. The van der Waals surface area contributed by atoms with Gasteiger partial charge in [0.1, 0.15) is 11.9 Å². The summed E-state index contributed by atoms with van der Waals surface area (Å²) in [6, 6.07) is 0. The van der Waals surface area contributed by atoms with Crippen LogP contribution in [0.1, 0.15) is 74.7 Å². The quantitative estimate of drug-likeness (QED) is 0.429. The number of hydrogen-bond donors (Lipinski definition) is 1. The van der Waals surface area contributed by atoms with Gasteiger partial charge < -0.3 is 19.3 Å². The Hall–Kier alpha value is -2.55. The van der Waals surface area contributed by atoms with Gasteiger partial charge in [-0.25, -0.2) is 0 Å². The van der Waals surface area contributed by atoms with Crippen LogP contribution in [-0.2, 0) is 38.2 Å². The average Bonchev–Trinajstić information content (AvgIpc) is 2.78. The summed E-state index contributed by atoms with van der Waals surface area (Å²) in [7, 11) is 0. The summed E-state index contributed by atoms with van der Waals surface area (Å²) in [4.78, 5) is 64.8. The summed E-state index contributed by atoms with van der Waals surface area (Å²) in [5.41, 5.74) is -1.49. The lowest BCUT2D eigenvalue weighted by Crippen LogP contribution is -2.68. The second-order valence-corrected chi connectivity index (χ2v) is 11.6. The van der Waals surface area contributed by atoms with Gasteiger partial charge in [0, 0.05) is 52.1 Å². The second kappa shape index (κ2) is 10.3. The molecule has 0 amide bonds. The lowest BCUT2D eigenvalue weighted by atomic mass is 9.46. The van der Waals surface area contributed by atoms with Gasteiger partial charge in [-0.15, -0.1) is 0 Å². The number of ketones is 2. The standard InChI is InChI=1S/C28H40O9/c1-9-17-10-21(34)28(8)23(18(17)12-29)24(35-14(3)30)19-11-20(33)13(2)22(27(19,6)7)25(36-15(4)31)26(28)37-16(5)32/h17-19,23-26,29H,9-12H2,1-8H3/t17-,18+,19-,23-,24+,25+,26-,28+/m0/s1. The van der Waals surface area contributed by atoms with Crippen molar-refractivity contribution < 1.29 is 43.3 Å². The Bertz CT molecular complexity index is 1020. The molecule has 8 atom stereocenters. The van der Waals surface area contributed by atoms with Crippen LogP contribution < -0.4 is 0 Å². The molecule has 206 valence electrons. The number of ether oxygens (including phenoxy) is 3. The number of Topliss-reactive ketones (excluding diaryl/α,β-unsaturated/α-hetero) is 2. The van der Waals surface area contributed by atoms with Gasteiger partial charge in [0.15, 0.2) is 18.0 Å². The first-order valence-electron chi connectivity index (χ1n) is 13.0. The Morgan fingerprint density at radius 2 is 1.51 bits per heavy atom. The summed E-state index contributed by atoms with van der Waals surface area (Å²) in [6.45, 7) is 12.4. The maximum Gasteiger partial charge on any atom is 0.303 e. The maximum atomic E-state index is 14.1. The molecular formula is C28H40O9. The molecule has 0 aromatic heterocycles. The summed E-state index contributed by atoms with van der Waals surface area (Å²) in [5, 5.41) is 10.7. The molecule has 0 radical (unpaired) electrons. The highest BCUT2D eigenvalue weighted by atomic mass is 16.6. The number of fused-ring (bicyclic) bond motifs is 3. The van der Waals surface area contributed by atoms with Crippen molar-refractivity contribution in [1.82, 2.24) is 0 Å². The third kappa shape index (κ3) is 4.75. The Morgan fingerprint density at radius 1 is 0.946 bits per heavy atom. The molecule has 0 unspecified atom stereocenters. The van der Waals surface area contributed by atoms with Gasteiger partial charge in [-0.2, -0.15) is 0 Å². The van der Waals surface area contributed by atoms with E-state index < -0.39 is 64.8 Å². The molecule has 1 N–H and O–H groups in total. The monoisotopic (exact) mass is 520 g/mol. The van der Waals surface area contributed by atoms with Gasteiger partial charge >= 0.3 is 17.9 Å². The Morgan fingerprint density at radius 3 is 2.00 bits per heavy atom. The van der Waals surface area contributed by atoms with Gasteiger partial charge in [0.25, 0.3) is 0 Å². The van der Waals surface area contributed by atoms with Gasteiger partial charge in [0.2, 0.25) is 0 Å². The molecule has 3 aliphatic carbocycles. The maximum absolute atomic E-state index is 14.1. The fourth-order valence-electron chi connectivity index (χ4n) is 7.45. The van der Waals surface area contributed by atoms with E-state index in [-0.39, 0.29) is 36.9 Å². The van der Waals surface area contributed by atoms with Crippen LogP contribution in [-0.4, -0.2) is 59.5 Å². The van der Waals surface area contributed by atoms with Crippen LogP contribution in [0.5, 0.6) is 0 Å². The number of esters is 3. The predicted molar refractivity (Wildman–Crippen MR) is 132 cm³/mol. The average molecular weight is 521 g/mol. The molecule has 3 aliphatic rings. The minimum absolute atomic E-state index is 0.0566. The highest BCUT2D eigenvalue weighted by Gasteiger charge is 2.67. The lowest BCUT2D eigenvalue weighted by Gasteiger charge is -2.60. The molecular weight excluding hydrogens is 480 g/mol. The SMILES string of the molecule is CC[C@H]1CC(=O)[C@]2(C)[C@@H]([C@@H]1CO)[C@H](OC(C)=O)[C@@H]1CC(=O)C(C)=C([C@@H](OC(C)=O)[C@@H]2OC(C)=O)C1(C)C. The largest absolute Gasteiger partial charge is 0.462 e. The fraction of sp³-hybridized carbons (Fsp3) is 0.750. The van der Waals surface area contributed by atoms with E-state index in [1.54, 1.807) is 13.8 Å². The van der Waals surface area contributed by atoms with Crippen LogP contribution in [0.25, 0.3) is 0 Å². The van der Waals surface area contributed by atoms with E-state index in [1.165, 1.54) is 20.8 Å².